The average molecular weight is 300 g/mol. The van der Waals surface area contributed by atoms with Crippen molar-refractivity contribution in [1.29, 1.82) is 0 Å². The van der Waals surface area contributed by atoms with Gasteiger partial charge in [-0.1, -0.05) is 13.8 Å². The van der Waals surface area contributed by atoms with Crippen LogP contribution in [-0.2, 0) is 0 Å². The van der Waals surface area contributed by atoms with Crippen LogP contribution in [0.5, 0.6) is 0 Å². The molecule has 0 aromatic carbocycles. The minimum atomic E-state index is 0.0486. The molecular weight excluding hydrogens is 278 g/mol. The fourth-order valence-corrected chi connectivity index (χ4v) is 3.39. The second-order valence-corrected chi connectivity index (χ2v) is 6.43. The van der Waals surface area contributed by atoms with Gasteiger partial charge in [0.1, 0.15) is 5.76 Å². The summed E-state index contributed by atoms with van der Waals surface area (Å²) in [5.41, 5.74) is 6.31. The lowest BCUT2D eigenvalue weighted by molar-refractivity contribution is 0.194. The summed E-state index contributed by atoms with van der Waals surface area (Å²) < 4.78 is 6.49. The van der Waals surface area contributed by atoms with Crippen molar-refractivity contribution < 1.29 is 4.42 Å². The molecule has 0 radical (unpaired) electrons. The molecule has 2 rings (SSSR count). The Hall–Kier alpha value is -0.280. The first-order valence-corrected chi connectivity index (χ1v) is 7.37. The lowest BCUT2D eigenvalue weighted by Gasteiger charge is -2.33. The molecule has 1 aromatic rings. The molecule has 1 aromatic heterocycles. The zero-order chi connectivity index (χ0) is 12.4. The molecule has 0 amide bonds. The SMILES string of the molecule is CC(C)C1CCC(C(N)c2occc2Br)CC1. The predicted octanol–water partition coefficient (Wildman–Crippen LogP) is 4.50. The normalized spacial score (nSPS) is 27.4. The zero-order valence-electron chi connectivity index (χ0n) is 10.7. The highest BCUT2D eigenvalue weighted by molar-refractivity contribution is 9.10. The Morgan fingerprint density at radius 2 is 1.82 bits per heavy atom. The zero-order valence-corrected chi connectivity index (χ0v) is 12.2. The smallest absolute Gasteiger partial charge is 0.134 e. The molecule has 1 aliphatic carbocycles. The summed E-state index contributed by atoms with van der Waals surface area (Å²) in [6.07, 6.45) is 6.80. The first kappa shape index (κ1) is 13.2. The van der Waals surface area contributed by atoms with Gasteiger partial charge in [-0.05, 0) is 65.4 Å². The Balaban J connectivity index is 1.95. The largest absolute Gasteiger partial charge is 0.466 e. The maximum atomic E-state index is 6.31. The first-order valence-electron chi connectivity index (χ1n) is 6.58. The molecule has 0 bridgehead atoms. The molecule has 1 fully saturated rings. The van der Waals surface area contributed by atoms with Gasteiger partial charge >= 0.3 is 0 Å². The van der Waals surface area contributed by atoms with E-state index in [0.717, 1.165) is 22.1 Å². The van der Waals surface area contributed by atoms with Crippen LogP contribution >= 0.6 is 15.9 Å². The van der Waals surface area contributed by atoms with Gasteiger partial charge in [-0.2, -0.15) is 0 Å². The first-order chi connectivity index (χ1) is 8.09. The van der Waals surface area contributed by atoms with Crippen molar-refractivity contribution in [3.05, 3.63) is 22.6 Å². The molecule has 17 heavy (non-hydrogen) atoms. The molecule has 1 saturated carbocycles. The predicted molar refractivity (Wildman–Crippen MR) is 73.6 cm³/mol. The van der Waals surface area contributed by atoms with Crippen molar-refractivity contribution >= 4 is 15.9 Å². The van der Waals surface area contributed by atoms with Crippen LogP contribution in [0.3, 0.4) is 0 Å². The molecule has 1 heterocycles. The van der Waals surface area contributed by atoms with E-state index in [1.807, 2.05) is 6.07 Å². The third-order valence-corrected chi connectivity index (χ3v) is 4.87. The van der Waals surface area contributed by atoms with E-state index >= 15 is 0 Å². The van der Waals surface area contributed by atoms with Crippen molar-refractivity contribution in [1.82, 2.24) is 0 Å². The van der Waals surface area contributed by atoms with E-state index in [2.05, 4.69) is 29.8 Å². The van der Waals surface area contributed by atoms with Gasteiger partial charge in [0.25, 0.3) is 0 Å². The Morgan fingerprint density at radius 3 is 2.29 bits per heavy atom. The molecule has 1 unspecified atom stereocenters. The van der Waals surface area contributed by atoms with Gasteiger partial charge in [0.15, 0.2) is 0 Å². The van der Waals surface area contributed by atoms with Gasteiger partial charge in [-0.15, -0.1) is 0 Å². The lowest BCUT2D eigenvalue weighted by Crippen LogP contribution is -2.27. The minimum absolute atomic E-state index is 0.0486. The van der Waals surface area contributed by atoms with Gasteiger partial charge < -0.3 is 10.2 Å². The molecular formula is C14H22BrNO. The summed E-state index contributed by atoms with van der Waals surface area (Å²) in [6.45, 7) is 4.65. The van der Waals surface area contributed by atoms with E-state index in [9.17, 15) is 0 Å². The molecule has 96 valence electrons. The van der Waals surface area contributed by atoms with Gasteiger partial charge in [-0.25, -0.2) is 0 Å². The van der Waals surface area contributed by atoms with Crippen molar-refractivity contribution in [2.45, 2.75) is 45.6 Å². The van der Waals surface area contributed by atoms with E-state index < -0.39 is 0 Å². The third kappa shape index (κ3) is 2.94. The number of furan rings is 1. The highest BCUT2D eigenvalue weighted by Gasteiger charge is 2.29. The average Bonchev–Trinajstić information content (AvgIpc) is 2.74. The Labute approximate surface area is 112 Å². The van der Waals surface area contributed by atoms with Crippen LogP contribution in [0, 0.1) is 17.8 Å². The lowest BCUT2D eigenvalue weighted by atomic mass is 9.74. The number of hydrogen-bond acceptors (Lipinski definition) is 2. The number of nitrogens with two attached hydrogens (primary N) is 1. The molecule has 1 aliphatic rings. The monoisotopic (exact) mass is 299 g/mol. The third-order valence-electron chi connectivity index (χ3n) is 4.21. The van der Waals surface area contributed by atoms with Crippen molar-refractivity contribution in [3.8, 4) is 0 Å². The molecule has 3 heteroatoms. The van der Waals surface area contributed by atoms with E-state index in [-0.39, 0.29) is 6.04 Å². The summed E-state index contributed by atoms with van der Waals surface area (Å²) in [5.74, 6) is 3.19. The molecule has 1 atom stereocenters. The van der Waals surface area contributed by atoms with Crippen LogP contribution < -0.4 is 5.73 Å². The molecule has 2 N–H and O–H groups in total. The number of hydrogen-bond donors (Lipinski definition) is 1. The van der Waals surface area contributed by atoms with Crippen LogP contribution in [0.15, 0.2) is 21.2 Å². The molecule has 0 saturated heterocycles. The summed E-state index contributed by atoms with van der Waals surface area (Å²) in [6, 6.07) is 1.97. The van der Waals surface area contributed by atoms with Crippen molar-refractivity contribution in [2.24, 2.45) is 23.5 Å². The number of rotatable bonds is 3. The quantitative estimate of drug-likeness (QED) is 0.892. The second kappa shape index (κ2) is 5.57. The molecule has 2 nitrogen and oxygen atoms in total. The minimum Gasteiger partial charge on any atom is -0.466 e. The Morgan fingerprint density at radius 1 is 1.24 bits per heavy atom. The van der Waals surface area contributed by atoms with Gasteiger partial charge in [-0.3, -0.25) is 0 Å². The molecule has 0 aliphatic heterocycles. The van der Waals surface area contributed by atoms with E-state index in [1.165, 1.54) is 25.7 Å². The fourth-order valence-electron chi connectivity index (χ4n) is 2.93. The van der Waals surface area contributed by atoms with Crippen LogP contribution in [0.1, 0.15) is 51.3 Å². The van der Waals surface area contributed by atoms with E-state index in [4.69, 9.17) is 10.2 Å². The summed E-state index contributed by atoms with van der Waals surface area (Å²) in [4.78, 5) is 0. The second-order valence-electron chi connectivity index (χ2n) is 5.58. The highest BCUT2D eigenvalue weighted by Crippen LogP contribution is 2.39. The maximum Gasteiger partial charge on any atom is 0.134 e. The van der Waals surface area contributed by atoms with Crippen LogP contribution in [0.25, 0.3) is 0 Å². The van der Waals surface area contributed by atoms with Crippen molar-refractivity contribution in [3.63, 3.8) is 0 Å². The number of halogens is 1. The van der Waals surface area contributed by atoms with Gasteiger partial charge in [0, 0.05) is 0 Å². The Kier molecular flexibility index (Phi) is 4.31. The van der Waals surface area contributed by atoms with Crippen LogP contribution in [0.4, 0.5) is 0 Å². The summed E-state index contributed by atoms with van der Waals surface area (Å²) in [5, 5.41) is 0. The summed E-state index contributed by atoms with van der Waals surface area (Å²) >= 11 is 3.49. The Bertz CT molecular complexity index is 353. The fraction of sp³-hybridized carbons (Fsp3) is 0.714. The van der Waals surface area contributed by atoms with E-state index in [0.29, 0.717) is 5.92 Å². The standard InChI is InChI=1S/C14H22BrNO/c1-9(2)10-3-5-11(6-4-10)13(16)14-12(15)7-8-17-14/h7-11,13H,3-6,16H2,1-2H3. The maximum absolute atomic E-state index is 6.31. The highest BCUT2D eigenvalue weighted by atomic mass is 79.9. The topological polar surface area (TPSA) is 39.2 Å². The van der Waals surface area contributed by atoms with Gasteiger partial charge in [0.2, 0.25) is 0 Å². The van der Waals surface area contributed by atoms with Crippen LogP contribution in [0.2, 0.25) is 0 Å². The van der Waals surface area contributed by atoms with Crippen LogP contribution in [-0.4, -0.2) is 0 Å². The van der Waals surface area contributed by atoms with Gasteiger partial charge in [0.05, 0.1) is 16.8 Å². The molecule has 0 spiro atoms. The van der Waals surface area contributed by atoms with Crippen molar-refractivity contribution in [2.75, 3.05) is 0 Å². The summed E-state index contributed by atoms with van der Waals surface area (Å²) in [7, 11) is 0. The van der Waals surface area contributed by atoms with E-state index in [1.54, 1.807) is 6.26 Å².